The van der Waals surface area contributed by atoms with Crippen molar-refractivity contribution in [2.24, 2.45) is 0 Å². The van der Waals surface area contributed by atoms with E-state index < -0.39 is 0 Å². The molecule has 0 bridgehead atoms. The molecule has 0 amide bonds. The minimum Gasteiger partial charge on any atom is -0.135 e. The molecule has 0 aliphatic heterocycles. The molecule has 64 heavy (non-hydrogen) atoms. The third-order valence-corrected chi connectivity index (χ3v) is 16.5. The number of rotatable bonds is 4. The summed E-state index contributed by atoms with van der Waals surface area (Å²) in [5.41, 5.74) is 10.1. The first kappa shape index (κ1) is 34.9. The largest absolute Gasteiger partial charge is 0.135 e. The van der Waals surface area contributed by atoms with Crippen LogP contribution >= 0.6 is 22.7 Å². The number of thiophene rings is 2. The van der Waals surface area contributed by atoms with Crippen molar-refractivity contribution in [2.75, 3.05) is 0 Å². The normalized spacial score (nSPS) is 12.4. The molecule has 2 heteroatoms. The van der Waals surface area contributed by atoms with Crippen LogP contribution in [0.2, 0.25) is 0 Å². The summed E-state index contributed by atoms with van der Waals surface area (Å²) in [6.07, 6.45) is 0. The molecule has 2 aromatic heterocycles. The summed E-state index contributed by atoms with van der Waals surface area (Å²) in [6, 6.07) is 78.1. The molecular weight excluding hydrogens is 809 g/mol. The van der Waals surface area contributed by atoms with E-state index in [1.165, 1.54) is 149 Å². The lowest BCUT2D eigenvalue weighted by atomic mass is 9.86. The van der Waals surface area contributed by atoms with Crippen molar-refractivity contribution in [2.45, 2.75) is 0 Å². The topological polar surface area (TPSA) is 0 Å². The van der Waals surface area contributed by atoms with E-state index in [1.54, 1.807) is 0 Å². The Hall–Kier alpha value is -7.62. The Bertz CT molecular complexity index is 4410. The van der Waals surface area contributed by atoms with E-state index in [9.17, 15) is 0 Å². The molecule has 0 fully saturated rings. The summed E-state index contributed by atoms with van der Waals surface area (Å²) in [4.78, 5) is 0. The van der Waals surface area contributed by atoms with Crippen LogP contribution in [0.15, 0.2) is 206 Å². The van der Waals surface area contributed by atoms with Crippen LogP contribution in [0.25, 0.3) is 149 Å². The van der Waals surface area contributed by atoms with Crippen molar-refractivity contribution in [3.63, 3.8) is 0 Å². The number of hydrogen-bond donors (Lipinski definition) is 0. The molecule has 0 aliphatic rings. The van der Waals surface area contributed by atoms with E-state index >= 15 is 0 Å². The van der Waals surface area contributed by atoms with Gasteiger partial charge in [-0.2, -0.15) is 0 Å². The maximum atomic E-state index is 2.45. The van der Waals surface area contributed by atoms with Gasteiger partial charge in [0.1, 0.15) is 0 Å². The number of hydrogen-bond acceptors (Lipinski definition) is 2. The smallest absolute Gasteiger partial charge is 0.0355 e. The van der Waals surface area contributed by atoms with Crippen molar-refractivity contribution in [3.05, 3.63) is 206 Å². The van der Waals surface area contributed by atoms with Gasteiger partial charge < -0.3 is 0 Å². The van der Waals surface area contributed by atoms with Crippen LogP contribution in [0.4, 0.5) is 0 Å². The molecule has 0 N–H and O–H groups in total. The van der Waals surface area contributed by atoms with E-state index in [4.69, 9.17) is 0 Å². The first-order valence-electron chi connectivity index (χ1n) is 22.1. The molecule has 0 unspecified atom stereocenters. The predicted molar refractivity (Wildman–Crippen MR) is 281 cm³/mol. The van der Waals surface area contributed by atoms with Crippen LogP contribution in [0, 0.1) is 0 Å². The first-order valence-corrected chi connectivity index (χ1v) is 23.7. The maximum Gasteiger partial charge on any atom is 0.0355 e. The first-order chi connectivity index (χ1) is 31.7. The van der Waals surface area contributed by atoms with E-state index in [2.05, 4.69) is 206 Å². The zero-order chi connectivity index (χ0) is 41.6. The SMILES string of the molecule is c1ccc(-c2ccc3ccc4c(-c5ccc6sc7ccc(-c8ccc9ccc%10c(-c%11ccc%12sc%13ccccc%13c%12c%11)ccc%11ccc8c9c%11%10)cc7c6c5)ccc5ccc2c3c54)cc1. The molecule has 0 atom stereocenters. The molecule has 2 heterocycles. The fraction of sp³-hybridized carbons (Fsp3) is 0. The number of fused-ring (bicyclic) bond motifs is 6. The lowest BCUT2D eigenvalue weighted by molar-refractivity contribution is 1.66. The fourth-order valence-corrected chi connectivity index (χ4v) is 13.4. The molecule has 0 aliphatic carbocycles. The highest BCUT2D eigenvalue weighted by Crippen LogP contribution is 2.47. The lowest BCUT2D eigenvalue weighted by Crippen LogP contribution is -1.89. The van der Waals surface area contributed by atoms with Gasteiger partial charge in [-0.3, -0.25) is 0 Å². The van der Waals surface area contributed by atoms with Gasteiger partial charge in [-0.25, -0.2) is 0 Å². The summed E-state index contributed by atoms with van der Waals surface area (Å²) < 4.78 is 5.31. The Kier molecular flexibility index (Phi) is 7.07. The van der Waals surface area contributed by atoms with Crippen molar-refractivity contribution in [1.82, 2.24) is 0 Å². The average molecular weight is 843 g/mol. The maximum absolute atomic E-state index is 2.45. The zero-order valence-electron chi connectivity index (χ0n) is 34.4. The minimum atomic E-state index is 1.25. The van der Waals surface area contributed by atoms with Gasteiger partial charge in [-0.1, -0.05) is 164 Å². The predicted octanol–water partition coefficient (Wildman–Crippen LogP) is 18.9. The summed E-state index contributed by atoms with van der Waals surface area (Å²) in [7, 11) is 0. The Morgan fingerprint density at radius 2 is 0.531 bits per heavy atom. The Morgan fingerprint density at radius 1 is 0.203 bits per heavy atom. The van der Waals surface area contributed by atoms with E-state index in [0.29, 0.717) is 0 Å². The van der Waals surface area contributed by atoms with Crippen LogP contribution in [0.3, 0.4) is 0 Å². The molecular formula is C62H34S2. The highest BCUT2D eigenvalue weighted by molar-refractivity contribution is 7.26. The van der Waals surface area contributed by atoms with Crippen LogP contribution in [0.5, 0.6) is 0 Å². The molecule has 294 valence electrons. The van der Waals surface area contributed by atoms with Crippen molar-refractivity contribution < 1.29 is 0 Å². The molecule has 13 aromatic carbocycles. The van der Waals surface area contributed by atoms with Gasteiger partial charge in [0.25, 0.3) is 0 Å². The second-order valence-corrected chi connectivity index (χ2v) is 19.7. The molecule has 15 aromatic rings. The summed E-state index contributed by atoms with van der Waals surface area (Å²) in [5, 5.41) is 21.0. The standard InChI is InChI=1S/C62H34S2/c1-2-6-35(7-3-1)43-21-10-36-15-26-50-45(23-12-37-14-25-48(43)59(36)60(37)50)41-19-30-57-53(33-41)54-34-42(20-31-58(54)64-57)46-24-13-39-16-27-49-44(22-11-38-17-28-51(46)62(39)61(38)49)40-18-29-56-52(32-40)47-8-4-5-9-55(47)63-56/h1-34H. The molecule has 0 nitrogen and oxygen atoms in total. The number of benzene rings is 13. The van der Waals surface area contributed by atoms with E-state index in [0.717, 1.165) is 0 Å². The zero-order valence-corrected chi connectivity index (χ0v) is 36.1. The van der Waals surface area contributed by atoms with Crippen molar-refractivity contribution in [1.29, 1.82) is 0 Å². The molecule has 0 saturated carbocycles. The van der Waals surface area contributed by atoms with Gasteiger partial charge in [-0.15, -0.1) is 22.7 Å². The third kappa shape index (κ3) is 4.87. The highest BCUT2D eigenvalue weighted by atomic mass is 32.1. The minimum absolute atomic E-state index is 1.25. The molecule has 0 saturated heterocycles. The van der Waals surface area contributed by atoms with Crippen molar-refractivity contribution >= 4 is 128 Å². The van der Waals surface area contributed by atoms with E-state index in [1.807, 2.05) is 22.7 Å². The van der Waals surface area contributed by atoms with Gasteiger partial charge in [0.05, 0.1) is 0 Å². The average Bonchev–Trinajstić information content (AvgIpc) is 3.92. The van der Waals surface area contributed by atoms with Gasteiger partial charge in [-0.05, 0) is 152 Å². The van der Waals surface area contributed by atoms with Gasteiger partial charge in [0.2, 0.25) is 0 Å². The molecule has 0 spiro atoms. The highest BCUT2D eigenvalue weighted by Gasteiger charge is 2.19. The van der Waals surface area contributed by atoms with Gasteiger partial charge >= 0.3 is 0 Å². The Balaban J connectivity index is 0.882. The van der Waals surface area contributed by atoms with Crippen LogP contribution < -0.4 is 0 Å². The monoisotopic (exact) mass is 842 g/mol. The third-order valence-electron chi connectivity index (χ3n) is 14.2. The van der Waals surface area contributed by atoms with E-state index in [-0.39, 0.29) is 0 Å². The van der Waals surface area contributed by atoms with Crippen LogP contribution in [0.1, 0.15) is 0 Å². The fourth-order valence-electron chi connectivity index (χ4n) is 11.2. The molecule has 15 rings (SSSR count). The van der Waals surface area contributed by atoms with Crippen LogP contribution in [-0.2, 0) is 0 Å². The van der Waals surface area contributed by atoms with Gasteiger partial charge in [0, 0.05) is 40.3 Å². The lowest BCUT2D eigenvalue weighted by Gasteiger charge is -2.17. The molecule has 0 radical (unpaired) electrons. The van der Waals surface area contributed by atoms with Crippen LogP contribution in [-0.4, -0.2) is 0 Å². The second kappa shape index (κ2) is 13.0. The quantitative estimate of drug-likeness (QED) is 0.155. The Labute approximate surface area is 376 Å². The Morgan fingerprint density at radius 3 is 0.953 bits per heavy atom. The summed E-state index contributed by atoms with van der Waals surface area (Å²) >= 11 is 3.77. The van der Waals surface area contributed by atoms with Gasteiger partial charge in [0.15, 0.2) is 0 Å². The van der Waals surface area contributed by atoms with Crippen molar-refractivity contribution in [3.8, 4) is 44.5 Å². The summed E-state index contributed by atoms with van der Waals surface area (Å²) in [6.45, 7) is 0. The second-order valence-electron chi connectivity index (χ2n) is 17.5. The summed E-state index contributed by atoms with van der Waals surface area (Å²) in [5.74, 6) is 0.